The molecule has 1 aromatic heterocycles. The van der Waals surface area contributed by atoms with Crippen LogP contribution in [0.3, 0.4) is 0 Å². The second-order valence-electron chi connectivity index (χ2n) is 3.75. The Balaban J connectivity index is 1.87. The highest BCUT2D eigenvalue weighted by Crippen LogP contribution is 2.05. The summed E-state index contributed by atoms with van der Waals surface area (Å²) >= 11 is 0. The number of anilines is 1. The summed E-state index contributed by atoms with van der Waals surface area (Å²) in [7, 11) is 0. The zero-order valence-corrected chi connectivity index (χ0v) is 8.95. The predicted octanol–water partition coefficient (Wildman–Crippen LogP) is 1.12. The highest BCUT2D eigenvalue weighted by molar-refractivity contribution is 5.28. The van der Waals surface area contributed by atoms with Gasteiger partial charge in [0.05, 0.1) is 0 Å². The van der Waals surface area contributed by atoms with Gasteiger partial charge in [0.2, 0.25) is 5.95 Å². The molecule has 0 amide bonds. The average molecular weight is 204 g/mol. The van der Waals surface area contributed by atoms with Crippen LogP contribution in [0.2, 0.25) is 0 Å². The zero-order valence-electron chi connectivity index (χ0n) is 8.95. The Labute approximate surface area is 89.8 Å². The maximum atomic E-state index is 4.20. The lowest BCUT2D eigenvalue weighted by molar-refractivity contribution is 0.697. The molecule has 4 heteroatoms. The third kappa shape index (κ3) is 3.02. The van der Waals surface area contributed by atoms with E-state index in [4.69, 9.17) is 0 Å². The Kier molecular flexibility index (Phi) is 3.29. The molecule has 0 saturated carbocycles. The van der Waals surface area contributed by atoms with Gasteiger partial charge in [0, 0.05) is 25.5 Å². The van der Waals surface area contributed by atoms with Crippen LogP contribution < -0.4 is 10.6 Å². The van der Waals surface area contributed by atoms with Crippen molar-refractivity contribution in [3.8, 4) is 0 Å². The van der Waals surface area contributed by atoms with Crippen molar-refractivity contribution in [1.29, 1.82) is 0 Å². The fourth-order valence-corrected chi connectivity index (χ4v) is 1.51. The van der Waals surface area contributed by atoms with E-state index in [0.29, 0.717) is 5.95 Å². The SMILES string of the molecule is Cc1cnc(NCC2=CCNCC2)nc1. The Morgan fingerprint density at radius 2 is 2.20 bits per heavy atom. The molecule has 0 unspecified atom stereocenters. The van der Waals surface area contributed by atoms with Crippen molar-refractivity contribution in [2.45, 2.75) is 13.3 Å². The quantitative estimate of drug-likeness (QED) is 0.724. The number of nitrogens with one attached hydrogen (secondary N) is 2. The fraction of sp³-hybridized carbons (Fsp3) is 0.455. The molecule has 0 bridgehead atoms. The molecule has 0 radical (unpaired) electrons. The fourth-order valence-electron chi connectivity index (χ4n) is 1.51. The van der Waals surface area contributed by atoms with Crippen LogP contribution in [0.5, 0.6) is 0 Å². The van der Waals surface area contributed by atoms with Gasteiger partial charge >= 0.3 is 0 Å². The lowest BCUT2D eigenvalue weighted by atomic mass is 10.1. The molecule has 0 aromatic carbocycles. The molecular weight excluding hydrogens is 188 g/mol. The van der Waals surface area contributed by atoms with Crippen LogP contribution in [0.25, 0.3) is 0 Å². The van der Waals surface area contributed by atoms with E-state index in [9.17, 15) is 0 Å². The van der Waals surface area contributed by atoms with Gasteiger partial charge in [-0.3, -0.25) is 0 Å². The predicted molar refractivity (Wildman–Crippen MR) is 60.8 cm³/mol. The number of aryl methyl sites for hydroxylation is 1. The monoisotopic (exact) mass is 204 g/mol. The van der Waals surface area contributed by atoms with E-state index in [1.807, 2.05) is 19.3 Å². The number of hydrogen-bond acceptors (Lipinski definition) is 4. The summed E-state index contributed by atoms with van der Waals surface area (Å²) in [6.07, 6.45) is 6.99. The molecule has 80 valence electrons. The van der Waals surface area contributed by atoms with E-state index < -0.39 is 0 Å². The van der Waals surface area contributed by atoms with Crippen LogP contribution in [0.4, 0.5) is 5.95 Å². The first-order valence-corrected chi connectivity index (χ1v) is 5.26. The molecule has 1 aromatic rings. The summed E-state index contributed by atoms with van der Waals surface area (Å²) in [5.74, 6) is 0.708. The molecule has 1 aliphatic heterocycles. The maximum Gasteiger partial charge on any atom is 0.222 e. The van der Waals surface area contributed by atoms with Crippen molar-refractivity contribution in [2.24, 2.45) is 0 Å². The molecule has 4 nitrogen and oxygen atoms in total. The van der Waals surface area contributed by atoms with Crippen LogP contribution >= 0.6 is 0 Å². The lowest BCUT2D eigenvalue weighted by Crippen LogP contribution is -2.23. The molecule has 1 aliphatic rings. The van der Waals surface area contributed by atoms with E-state index in [1.165, 1.54) is 5.57 Å². The first-order valence-electron chi connectivity index (χ1n) is 5.26. The van der Waals surface area contributed by atoms with Gasteiger partial charge in [-0.2, -0.15) is 0 Å². The largest absolute Gasteiger partial charge is 0.350 e. The first kappa shape index (κ1) is 10.1. The van der Waals surface area contributed by atoms with Crippen molar-refractivity contribution in [3.63, 3.8) is 0 Å². The molecule has 0 spiro atoms. The topological polar surface area (TPSA) is 49.8 Å². The number of nitrogens with zero attached hydrogens (tertiary/aromatic N) is 2. The lowest BCUT2D eigenvalue weighted by Gasteiger charge is -2.14. The minimum absolute atomic E-state index is 0.708. The van der Waals surface area contributed by atoms with E-state index in [1.54, 1.807) is 0 Å². The van der Waals surface area contributed by atoms with E-state index in [-0.39, 0.29) is 0 Å². The normalized spacial score (nSPS) is 15.9. The Bertz CT molecular complexity index is 342. The molecule has 15 heavy (non-hydrogen) atoms. The minimum atomic E-state index is 0.708. The van der Waals surface area contributed by atoms with E-state index in [0.717, 1.165) is 31.6 Å². The van der Waals surface area contributed by atoms with Gasteiger partial charge in [-0.15, -0.1) is 0 Å². The van der Waals surface area contributed by atoms with Gasteiger partial charge in [0.15, 0.2) is 0 Å². The van der Waals surface area contributed by atoms with Crippen molar-refractivity contribution in [3.05, 3.63) is 29.6 Å². The summed E-state index contributed by atoms with van der Waals surface area (Å²) in [4.78, 5) is 8.40. The summed E-state index contributed by atoms with van der Waals surface area (Å²) in [6.45, 7) is 4.89. The molecule has 0 atom stereocenters. The van der Waals surface area contributed by atoms with Crippen molar-refractivity contribution in [2.75, 3.05) is 25.0 Å². The van der Waals surface area contributed by atoms with Crippen LogP contribution in [0, 0.1) is 6.92 Å². The molecule has 2 rings (SSSR count). The highest BCUT2D eigenvalue weighted by atomic mass is 15.1. The van der Waals surface area contributed by atoms with Crippen molar-refractivity contribution in [1.82, 2.24) is 15.3 Å². The molecular formula is C11H16N4. The smallest absolute Gasteiger partial charge is 0.222 e. The van der Waals surface area contributed by atoms with Gasteiger partial charge in [-0.05, 0) is 25.5 Å². The summed E-state index contributed by atoms with van der Waals surface area (Å²) in [5, 5.41) is 6.51. The van der Waals surface area contributed by atoms with E-state index in [2.05, 4.69) is 26.7 Å². The number of rotatable bonds is 3. The molecule has 0 aliphatic carbocycles. The van der Waals surface area contributed by atoms with E-state index >= 15 is 0 Å². The second-order valence-corrected chi connectivity index (χ2v) is 3.75. The molecule has 0 fully saturated rings. The van der Waals surface area contributed by atoms with Crippen LogP contribution in [-0.4, -0.2) is 29.6 Å². The zero-order chi connectivity index (χ0) is 10.5. The van der Waals surface area contributed by atoms with Gasteiger partial charge in [0.25, 0.3) is 0 Å². The summed E-state index contributed by atoms with van der Waals surface area (Å²) in [5.41, 5.74) is 2.51. The molecule has 2 heterocycles. The Morgan fingerprint density at radius 3 is 2.87 bits per heavy atom. The summed E-state index contributed by atoms with van der Waals surface area (Å²) in [6, 6.07) is 0. The highest BCUT2D eigenvalue weighted by Gasteiger charge is 2.02. The standard InChI is InChI=1S/C11H16N4/c1-9-6-13-11(14-7-9)15-8-10-2-4-12-5-3-10/h2,6-7,12H,3-5,8H2,1H3,(H,13,14,15). The van der Waals surface area contributed by atoms with Gasteiger partial charge in [-0.25, -0.2) is 9.97 Å². The maximum absolute atomic E-state index is 4.20. The van der Waals surface area contributed by atoms with Crippen LogP contribution in [-0.2, 0) is 0 Å². The van der Waals surface area contributed by atoms with Gasteiger partial charge in [0.1, 0.15) is 0 Å². The minimum Gasteiger partial charge on any atom is -0.350 e. The summed E-state index contributed by atoms with van der Waals surface area (Å²) < 4.78 is 0. The number of hydrogen-bond donors (Lipinski definition) is 2. The van der Waals surface area contributed by atoms with Crippen molar-refractivity contribution < 1.29 is 0 Å². The van der Waals surface area contributed by atoms with Crippen LogP contribution in [0.1, 0.15) is 12.0 Å². The van der Waals surface area contributed by atoms with Crippen LogP contribution in [0.15, 0.2) is 24.0 Å². The third-order valence-corrected chi connectivity index (χ3v) is 2.41. The average Bonchev–Trinajstić information content (AvgIpc) is 2.30. The first-order chi connectivity index (χ1) is 7.34. The number of aromatic nitrogens is 2. The molecule has 2 N–H and O–H groups in total. The third-order valence-electron chi connectivity index (χ3n) is 2.41. The Hall–Kier alpha value is -1.42. The Morgan fingerprint density at radius 1 is 1.40 bits per heavy atom. The second kappa shape index (κ2) is 4.89. The molecule has 0 saturated heterocycles. The van der Waals surface area contributed by atoms with Gasteiger partial charge in [-0.1, -0.05) is 11.6 Å². The van der Waals surface area contributed by atoms with Gasteiger partial charge < -0.3 is 10.6 Å². The van der Waals surface area contributed by atoms with Crippen molar-refractivity contribution >= 4 is 5.95 Å².